The second kappa shape index (κ2) is 4.50. The fourth-order valence-electron chi connectivity index (χ4n) is 2.77. The Kier molecular flexibility index (Phi) is 2.87. The standard InChI is InChI=1S/C13H19N3/c1-2-4-12-11(3-1)9-15-13(16-12)10-5-7-14-8-6-10/h9-10,14H,1-8H2. The molecule has 0 saturated carbocycles. The number of aromatic nitrogens is 2. The number of nitrogens with one attached hydrogen (secondary N) is 1. The second-order valence-electron chi connectivity index (χ2n) is 4.93. The van der Waals surface area contributed by atoms with Gasteiger partial charge in [-0.2, -0.15) is 0 Å². The zero-order chi connectivity index (χ0) is 10.8. The molecule has 3 nitrogen and oxygen atoms in total. The van der Waals surface area contributed by atoms with E-state index in [4.69, 9.17) is 4.98 Å². The van der Waals surface area contributed by atoms with Crippen LogP contribution >= 0.6 is 0 Å². The van der Waals surface area contributed by atoms with E-state index >= 15 is 0 Å². The molecule has 1 fully saturated rings. The van der Waals surface area contributed by atoms with Gasteiger partial charge in [-0.05, 0) is 57.2 Å². The van der Waals surface area contributed by atoms with Crippen molar-refractivity contribution in [1.29, 1.82) is 0 Å². The zero-order valence-corrected chi connectivity index (χ0v) is 9.71. The molecular formula is C13H19N3. The van der Waals surface area contributed by atoms with Crippen LogP contribution in [-0.4, -0.2) is 23.1 Å². The molecule has 16 heavy (non-hydrogen) atoms. The van der Waals surface area contributed by atoms with E-state index in [2.05, 4.69) is 16.5 Å². The van der Waals surface area contributed by atoms with Crippen LogP contribution in [0.3, 0.4) is 0 Å². The molecule has 0 radical (unpaired) electrons. The molecule has 0 atom stereocenters. The summed E-state index contributed by atoms with van der Waals surface area (Å²) in [6.45, 7) is 2.23. The van der Waals surface area contributed by atoms with E-state index in [1.54, 1.807) is 0 Å². The average Bonchev–Trinajstić information content (AvgIpc) is 2.39. The third kappa shape index (κ3) is 1.96. The minimum Gasteiger partial charge on any atom is -0.317 e. The van der Waals surface area contributed by atoms with E-state index in [1.807, 2.05) is 0 Å². The summed E-state index contributed by atoms with van der Waals surface area (Å²) in [5.74, 6) is 1.69. The summed E-state index contributed by atoms with van der Waals surface area (Å²) >= 11 is 0. The Morgan fingerprint density at radius 1 is 1.12 bits per heavy atom. The van der Waals surface area contributed by atoms with Crippen LogP contribution in [0.4, 0.5) is 0 Å². The summed E-state index contributed by atoms with van der Waals surface area (Å²) in [5.41, 5.74) is 2.72. The summed E-state index contributed by atoms with van der Waals surface area (Å²) in [5, 5.41) is 3.39. The molecule has 0 amide bonds. The second-order valence-corrected chi connectivity index (χ2v) is 4.93. The van der Waals surface area contributed by atoms with Crippen molar-refractivity contribution in [3.63, 3.8) is 0 Å². The molecule has 1 aromatic heterocycles. The first kappa shape index (κ1) is 10.2. The maximum absolute atomic E-state index is 4.80. The van der Waals surface area contributed by atoms with Crippen molar-refractivity contribution in [2.45, 2.75) is 44.4 Å². The molecule has 3 rings (SSSR count). The number of rotatable bonds is 1. The van der Waals surface area contributed by atoms with Crippen LogP contribution in [0.15, 0.2) is 6.20 Å². The van der Waals surface area contributed by atoms with E-state index < -0.39 is 0 Å². The summed E-state index contributed by atoms with van der Waals surface area (Å²) in [6, 6.07) is 0. The molecule has 0 unspecified atom stereocenters. The summed E-state index contributed by atoms with van der Waals surface area (Å²) in [4.78, 5) is 9.37. The Bertz CT molecular complexity index is 369. The first-order valence-corrected chi connectivity index (χ1v) is 6.49. The van der Waals surface area contributed by atoms with Gasteiger partial charge in [0.2, 0.25) is 0 Å². The fraction of sp³-hybridized carbons (Fsp3) is 0.692. The monoisotopic (exact) mass is 217 g/mol. The average molecular weight is 217 g/mol. The van der Waals surface area contributed by atoms with Gasteiger partial charge in [-0.1, -0.05) is 0 Å². The maximum atomic E-state index is 4.80. The van der Waals surface area contributed by atoms with Gasteiger partial charge in [-0.3, -0.25) is 0 Å². The van der Waals surface area contributed by atoms with E-state index in [1.165, 1.54) is 43.4 Å². The highest BCUT2D eigenvalue weighted by molar-refractivity contribution is 5.21. The fourth-order valence-corrected chi connectivity index (χ4v) is 2.77. The highest BCUT2D eigenvalue weighted by atomic mass is 14.9. The van der Waals surface area contributed by atoms with Gasteiger partial charge in [0.25, 0.3) is 0 Å². The van der Waals surface area contributed by atoms with Crippen LogP contribution < -0.4 is 5.32 Å². The predicted molar refractivity (Wildman–Crippen MR) is 63.5 cm³/mol. The van der Waals surface area contributed by atoms with E-state index in [9.17, 15) is 0 Å². The molecule has 0 bridgehead atoms. The van der Waals surface area contributed by atoms with Gasteiger partial charge in [0.1, 0.15) is 5.82 Å². The van der Waals surface area contributed by atoms with Crippen molar-refractivity contribution >= 4 is 0 Å². The Hall–Kier alpha value is -0.960. The van der Waals surface area contributed by atoms with Crippen LogP contribution in [0.5, 0.6) is 0 Å². The molecular weight excluding hydrogens is 198 g/mol. The van der Waals surface area contributed by atoms with Gasteiger partial charge in [0.15, 0.2) is 0 Å². The molecule has 0 spiro atoms. The minimum absolute atomic E-state index is 0.591. The van der Waals surface area contributed by atoms with Crippen LogP contribution in [0, 0.1) is 0 Å². The molecule has 1 N–H and O–H groups in total. The van der Waals surface area contributed by atoms with Crippen molar-refractivity contribution < 1.29 is 0 Å². The van der Waals surface area contributed by atoms with Crippen molar-refractivity contribution in [3.05, 3.63) is 23.3 Å². The molecule has 2 aliphatic rings. The molecule has 1 aliphatic heterocycles. The molecule has 1 aromatic rings. The quantitative estimate of drug-likeness (QED) is 0.779. The lowest BCUT2D eigenvalue weighted by molar-refractivity contribution is 0.442. The normalized spacial score (nSPS) is 21.8. The van der Waals surface area contributed by atoms with Gasteiger partial charge in [0, 0.05) is 17.8 Å². The number of hydrogen-bond donors (Lipinski definition) is 1. The topological polar surface area (TPSA) is 37.8 Å². The molecule has 3 heteroatoms. The Morgan fingerprint density at radius 3 is 2.81 bits per heavy atom. The van der Waals surface area contributed by atoms with Crippen LogP contribution in [0.25, 0.3) is 0 Å². The molecule has 2 heterocycles. The zero-order valence-electron chi connectivity index (χ0n) is 9.71. The number of piperidine rings is 1. The minimum atomic E-state index is 0.591. The smallest absolute Gasteiger partial charge is 0.131 e. The number of fused-ring (bicyclic) bond motifs is 1. The van der Waals surface area contributed by atoms with Crippen molar-refractivity contribution in [1.82, 2.24) is 15.3 Å². The van der Waals surface area contributed by atoms with Crippen LogP contribution in [0.1, 0.15) is 48.7 Å². The highest BCUT2D eigenvalue weighted by Crippen LogP contribution is 2.25. The maximum Gasteiger partial charge on any atom is 0.131 e. The third-order valence-corrected chi connectivity index (χ3v) is 3.79. The van der Waals surface area contributed by atoms with Crippen LogP contribution in [0.2, 0.25) is 0 Å². The number of aryl methyl sites for hydroxylation is 2. The van der Waals surface area contributed by atoms with Gasteiger partial charge >= 0.3 is 0 Å². The molecule has 86 valence electrons. The first-order valence-electron chi connectivity index (χ1n) is 6.49. The van der Waals surface area contributed by atoms with Crippen molar-refractivity contribution in [3.8, 4) is 0 Å². The van der Waals surface area contributed by atoms with Crippen molar-refractivity contribution in [2.24, 2.45) is 0 Å². The third-order valence-electron chi connectivity index (χ3n) is 3.79. The summed E-state index contributed by atoms with van der Waals surface area (Å²) in [7, 11) is 0. The van der Waals surface area contributed by atoms with E-state index in [0.717, 1.165) is 25.3 Å². The highest BCUT2D eigenvalue weighted by Gasteiger charge is 2.20. The first-order chi connectivity index (χ1) is 7.93. The summed E-state index contributed by atoms with van der Waals surface area (Å²) in [6.07, 6.45) is 9.42. The van der Waals surface area contributed by atoms with Gasteiger partial charge < -0.3 is 5.32 Å². The lowest BCUT2D eigenvalue weighted by Gasteiger charge is -2.23. The molecule has 1 saturated heterocycles. The van der Waals surface area contributed by atoms with E-state index in [-0.39, 0.29) is 0 Å². The Morgan fingerprint density at radius 2 is 1.94 bits per heavy atom. The Labute approximate surface area is 96.7 Å². The van der Waals surface area contributed by atoms with Gasteiger partial charge in [0.05, 0.1) is 0 Å². The molecule has 1 aliphatic carbocycles. The van der Waals surface area contributed by atoms with Gasteiger partial charge in [-0.25, -0.2) is 9.97 Å². The van der Waals surface area contributed by atoms with Gasteiger partial charge in [-0.15, -0.1) is 0 Å². The lowest BCUT2D eigenvalue weighted by Crippen LogP contribution is -2.27. The van der Waals surface area contributed by atoms with Crippen molar-refractivity contribution in [2.75, 3.05) is 13.1 Å². The van der Waals surface area contributed by atoms with Crippen LogP contribution in [-0.2, 0) is 12.8 Å². The SMILES string of the molecule is c1nc(C2CCNCC2)nc2c1CCCC2. The molecule has 0 aromatic carbocycles. The predicted octanol–water partition coefficient (Wildman–Crippen LogP) is 1.82. The number of nitrogens with zero attached hydrogens (tertiary/aromatic N) is 2. The number of hydrogen-bond acceptors (Lipinski definition) is 3. The van der Waals surface area contributed by atoms with E-state index in [0.29, 0.717) is 5.92 Å². The summed E-state index contributed by atoms with van der Waals surface area (Å²) < 4.78 is 0. The largest absolute Gasteiger partial charge is 0.317 e. The Balaban J connectivity index is 1.84. The lowest BCUT2D eigenvalue weighted by atomic mass is 9.94.